The highest BCUT2D eigenvalue weighted by molar-refractivity contribution is 5.94. The summed E-state index contributed by atoms with van der Waals surface area (Å²) in [6, 6.07) is 20.1. The normalized spacial score (nSPS) is 11.0. The van der Waals surface area contributed by atoms with Crippen LogP contribution >= 0.6 is 0 Å². The van der Waals surface area contributed by atoms with Gasteiger partial charge in [0.2, 0.25) is 0 Å². The van der Waals surface area contributed by atoms with Crippen LogP contribution in [0.15, 0.2) is 73.2 Å². The van der Waals surface area contributed by atoms with Crippen molar-refractivity contribution in [3.8, 4) is 22.9 Å². The first-order valence-electron chi connectivity index (χ1n) is 10.7. The maximum absolute atomic E-state index is 5.66. The summed E-state index contributed by atoms with van der Waals surface area (Å²) < 4.78 is 14.9. The molecule has 0 saturated carbocycles. The molecular weight excluding hydrogens is 414 g/mol. The van der Waals surface area contributed by atoms with E-state index >= 15 is 0 Å². The average molecular weight is 440 g/mol. The number of anilines is 2. The number of hydrogen-bond acceptors (Lipinski definition) is 5. The predicted molar refractivity (Wildman–Crippen MR) is 130 cm³/mol. The van der Waals surface area contributed by atoms with Gasteiger partial charge in [-0.05, 0) is 44.2 Å². The molecule has 1 N–H and O–H groups in total. The largest absolute Gasteiger partial charge is 0.497 e. The summed E-state index contributed by atoms with van der Waals surface area (Å²) in [6.07, 6.45) is 3.76. The molecule has 0 amide bonds. The van der Waals surface area contributed by atoms with Crippen molar-refractivity contribution in [2.24, 2.45) is 0 Å². The Morgan fingerprint density at radius 2 is 1.76 bits per heavy atom. The Bertz CT molecular complexity index is 1450. The summed E-state index contributed by atoms with van der Waals surface area (Å²) in [5, 5.41) is 9.52. The molecule has 0 unspecified atom stereocenters. The minimum absolute atomic E-state index is 0.752. The minimum atomic E-state index is 0.752. The third-order valence-electron chi connectivity index (χ3n) is 5.69. The zero-order valence-corrected chi connectivity index (χ0v) is 19.0. The summed E-state index contributed by atoms with van der Waals surface area (Å²) in [7, 11) is 3.34. The molecule has 0 aliphatic heterocycles. The molecule has 7 nitrogen and oxygen atoms in total. The van der Waals surface area contributed by atoms with Crippen molar-refractivity contribution in [2.45, 2.75) is 13.8 Å². The van der Waals surface area contributed by atoms with E-state index in [1.807, 2.05) is 77.0 Å². The van der Waals surface area contributed by atoms with E-state index in [0.717, 1.165) is 56.5 Å². The molecule has 2 aromatic heterocycles. The van der Waals surface area contributed by atoms with Crippen molar-refractivity contribution in [3.05, 3.63) is 84.6 Å². The lowest BCUT2D eigenvalue weighted by atomic mass is 10.1. The number of nitrogens with zero attached hydrogens (tertiary/aromatic N) is 4. The highest BCUT2D eigenvalue weighted by Gasteiger charge is 2.14. The number of imidazole rings is 1. The molecule has 0 aliphatic carbocycles. The van der Waals surface area contributed by atoms with Gasteiger partial charge in [0.25, 0.3) is 0 Å². The van der Waals surface area contributed by atoms with Crippen LogP contribution in [0.25, 0.3) is 22.3 Å². The van der Waals surface area contributed by atoms with Gasteiger partial charge in [-0.1, -0.05) is 18.2 Å². The molecule has 0 fully saturated rings. The predicted octanol–water partition coefficient (Wildman–Crippen LogP) is 5.59. The van der Waals surface area contributed by atoms with Gasteiger partial charge in [0.05, 0.1) is 43.3 Å². The second-order valence-corrected chi connectivity index (χ2v) is 7.83. The number of nitrogens with one attached hydrogen (secondary N) is 1. The van der Waals surface area contributed by atoms with E-state index in [9.17, 15) is 0 Å². The quantitative estimate of drug-likeness (QED) is 0.374. The standard InChI is InChI=1S/C26H25N5O2/c1-17-15-30(16-27-17)24-12-11-19(13-25(24)33-4)28-23-10-6-9-22-18(2)31(29-26(22)23)20-7-5-8-21(14-20)32-3/h5-16,28H,1-4H3. The van der Waals surface area contributed by atoms with E-state index in [1.54, 1.807) is 20.5 Å². The molecule has 0 spiro atoms. The number of ether oxygens (including phenoxy) is 2. The Morgan fingerprint density at radius 3 is 2.52 bits per heavy atom. The first-order chi connectivity index (χ1) is 16.1. The van der Waals surface area contributed by atoms with Gasteiger partial charge in [0, 0.05) is 35.1 Å². The molecule has 5 aromatic rings. The SMILES string of the molecule is COc1cccc(-n2nc3c(Nc4ccc(-n5cnc(C)c5)c(OC)c4)cccc3c2C)c1. The van der Waals surface area contributed by atoms with Crippen molar-refractivity contribution in [3.63, 3.8) is 0 Å². The van der Waals surface area contributed by atoms with Crippen LogP contribution in [-0.2, 0) is 0 Å². The smallest absolute Gasteiger partial charge is 0.144 e. The van der Waals surface area contributed by atoms with Gasteiger partial charge >= 0.3 is 0 Å². The highest BCUT2D eigenvalue weighted by atomic mass is 16.5. The minimum Gasteiger partial charge on any atom is -0.497 e. The third kappa shape index (κ3) is 3.78. The monoisotopic (exact) mass is 439 g/mol. The Hall–Kier alpha value is -4.26. The molecule has 0 radical (unpaired) electrons. The first kappa shape index (κ1) is 20.6. The van der Waals surface area contributed by atoms with Crippen LogP contribution in [0.1, 0.15) is 11.4 Å². The zero-order valence-electron chi connectivity index (χ0n) is 19.0. The molecule has 2 heterocycles. The summed E-state index contributed by atoms with van der Waals surface area (Å²) in [6.45, 7) is 4.04. The van der Waals surface area contributed by atoms with E-state index in [1.165, 1.54) is 0 Å². The lowest BCUT2D eigenvalue weighted by molar-refractivity contribution is 0.413. The Morgan fingerprint density at radius 1 is 0.909 bits per heavy atom. The Labute approximate surface area is 192 Å². The molecule has 0 aliphatic rings. The lowest BCUT2D eigenvalue weighted by Gasteiger charge is -2.13. The fourth-order valence-electron chi connectivity index (χ4n) is 4.00. The average Bonchev–Trinajstić information content (AvgIpc) is 3.43. The molecule has 166 valence electrons. The van der Waals surface area contributed by atoms with Gasteiger partial charge in [-0.2, -0.15) is 5.10 Å². The second-order valence-electron chi connectivity index (χ2n) is 7.83. The lowest BCUT2D eigenvalue weighted by Crippen LogP contribution is -1.99. The number of aryl methyl sites for hydroxylation is 2. The summed E-state index contributed by atoms with van der Waals surface area (Å²) in [4.78, 5) is 4.31. The maximum Gasteiger partial charge on any atom is 0.144 e. The van der Waals surface area contributed by atoms with E-state index in [2.05, 4.69) is 23.3 Å². The number of hydrogen-bond donors (Lipinski definition) is 1. The third-order valence-corrected chi connectivity index (χ3v) is 5.69. The van der Waals surface area contributed by atoms with Gasteiger partial charge in [-0.25, -0.2) is 9.67 Å². The number of aromatic nitrogens is 4. The van der Waals surface area contributed by atoms with E-state index in [-0.39, 0.29) is 0 Å². The van der Waals surface area contributed by atoms with Gasteiger partial charge in [-0.15, -0.1) is 0 Å². The van der Waals surface area contributed by atoms with Crippen LogP contribution in [0.3, 0.4) is 0 Å². The molecule has 33 heavy (non-hydrogen) atoms. The van der Waals surface area contributed by atoms with Crippen LogP contribution in [0.2, 0.25) is 0 Å². The van der Waals surface area contributed by atoms with Gasteiger partial charge in [-0.3, -0.25) is 0 Å². The first-order valence-corrected chi connectivity index (χ1v) is 10.7. The van der Waals surface area contributed by atoms with Crippen molar-refractivity contribution in [1.82, 2.24) is 19.3 Å². The fourth-order valence-corrected chi connectivity index (χ4v) is 4.00. The van der Waals surface area contributed by atoms with Gasteiger partial charge in [0.1, 0.15) is 17.0 Å². The fraction of sp³-hybridized carbons (Fsp3) is 0.154. The Kier molecular flexibility index (Phi) is 5.22. The van der Waals surface area contributed by atoms with Crippen molar-refractivity contribution < 1.29 is 9.47 Å². The molecular formula is C26H25N5O2. The summed E-state index contributed by atoms with van der Waals surface area (Å²) in [5.41, 5.74) is 6.62. The number of benzene rings is 3. The van der Waals surface area contributed by atoms with E-state index < -0.39 is 0 Å². The van der Waals surface area contributed by atoms with Crippen LogP contribution < -0.4 is 14.8 Å². The number of rotatable bonds is 6. The van der Waals surface area contributed by atoms with Gasteiger partial charge < -0.3 is 19.4 Å². The number of methoxy groups -OCH3 is 2. The molecule has 0 bridgehead atoms. The molecule has 5 rings (SSSR count). The van der Waals surface area contributed by atoms with E-state index in [0.29, 0.717) is 0 Å². The molecule has 0 atom stereocenters. The Balaban J connectivity index is 1.53. The highest BCUT2D eigenvalue weighted by Crippen LogP contribution is 2.32. The van der Waals surface area contributed by atoms with Crippen molar-refractivity contribution >= 4 is 22.3 Å². The molecule has 0 saturated heterocycles. The van der Waals surface area contributed by atoms with Crippen LogP contribution in [0.4, 0.5) is 11.4 Å². The summed E-state index contributed by atoms with van der Waals surface area (Å²) in [5.74, 6) is 1.55. The molecule has 3 aromatic carbocycles. The maximum atomic E-state index is 5.66. The van der Waals surface area contributed by atoms with E-state index in [4.69, 9.17) is 14.6 Å². The summed E-state index contributed by atoms with van der Waals surface area (Å²) >= 11 is 0. The van der Waals surface area contributed by atoms with Crippen molar-refractivity contribution in [2.75, 3.05) is 19.5 Å². The second kappa shape index (κ2) is 8.35. The number of fused-ring (bicyclic) bond motifs is 1. The van der Waals surface area contributed by atoms with Gasteiger partial charge in [0.15, 0.2) is 0 Å². The van der Waals surface area contributed by atoms with Crippen LogP contribution in [0, 0.1) is 13.8 Å². The van der Waals surface area contributed by atoms with Crippen molar-refractivity contribution in [1.29, 1.82) is 0 Å². The van der Waals surface area contributed by atoms with Crippen LogP contribution in [-0.4, -0.2) is 33.6 Å². The van der Waals surface area contributed by atoms with Crippen LogP contribution in [0.5, 0.6) is 11.5 Å². The topological polar surface area (TPSA) is 66.1 Å². The molecule has 7 heteroatoms. The zero-order chi connectivity index (χ0) is 22.9.